The largest absolute Gasteiger partial charge is 0.310 e. The van der Waals surface area contributed by atoms with Crippen LogP contribution in [0.15, 0.2) is 17.2 Å². The van der Waals surface area contributed by atoms with Gasteiger partial charge < -0.3 is 0 Å². The van der Waals surface area contributed by atoms with Gasteiger partial charge in [-0.15, -0.1) is 5.11 Å². The van der Waals surface area contributed by atoms with Gasteiger partial charge in [-0.2, -0.15) is 0 Å². The van der Waals surface area contributed by atoms with Crippen LogP contribution >= 0.6 is 0 Å². The van der Waals surface area contributed by atoms with E-state index in [-0.39, 0.29) is 0 Å². The predicted molar refractivity (Wildman–Crippen MR) is 51.2 cm³/mol. The third kappa shape index (κ3) is 2.17. The molecule has 88 valence electrons. The Morgan fingerprint density at radius 3 is 1.59 bits per heavy atom. The van der Waals surface area contributed by atoms with Crippen molar-refractivity contribution in [2.24, 2.45) is 5.11 Å². The van der Waals surface area contributed by atoms with E-state index < -0.39 is 37.5 Å². The SMILES string of the molecule is N=Nc1c([N+](=O)[O-])cc([N+](=O)[O-])cc1[N+](=O)[O-]. The zero-order chi connectivity index (χ0) is 13.2. The lowest BCUT2D eigenvalue weighted by atomic mass is 10.2. The molecule has 0 atom stereocenters. The number of benzene rings is 1. The van der Waals surface area contributed by atoms with Crippen LogP contribution in [0.25, 0.3) is 0 Å². The van der Waals surface area contributed by atoms with E-state index in [4.69, 9.17) is 5.53 Å². The lowest BCUT2D eigenvalue weighted by Gasteiger charge is -1.98. The zero-order valence-electron chi connectivity index (χ0n) is 7.89. The third-order valence-electron chi connectivity index (χ3n) is 1.77. The highest BCUT2D eigenvalue weighted by Crippen LogP contribution is 2.40. The van der Waals surface area contributed by atoms with E-state index in [1.54, 1.807) is 0 Å². The van der Waals surface area contributed by atoms with Crippen LogP contribution in [0.1, 0.15) is 0 Å². The molecular weight excluding hydrogens is 238 g/mol. The molecule has 0 aliphatic carbocycles. The molecule has 0 aliphatic heterocycles. The van der Waals surface area contributed by atoms with Gasteiger partial charge in [0.2, 0.25) is 5.69 Å². The van der Waals surface area contributed by atoms with Gasteiger partial charge in [-0.1, -0.05) is 0 Å². The summed E-state index contributed by atoms with van der Waals surface area (Å²) in [6.45, 7) is 0. The molecule has 0 fully saturated rings. The van der Waals surface area contributed by atoms with Crippen molar-refractivity contribution in [1.82, 2.24) is 0 Å². The van der Waals surface area contributed by atoms with Gasteiger partial charge in [0, 0.05) is 0 Å². The molecule has 0 unspecified atom stereocenters. The molecular formula is C6H3N5O6. The second-order valence-corrected chi connectivity index (χ2v) is 2.72. The van der Waals surface area contributed by atoms with E-state index in [1.165, 1.54) is 0 Å². The van der Waals surface area contributed by atoms with Gasteiger partial charge in [-0.25, -0.2) is 5.53 Å². The molecule has 0 amide bonds. The summed E-state index contributed by atoms with van der Waals surface area (Å²) >= 11 is 0. The molecule has 0 saturated carbocycles. The lowest BCUT2D eigenvalue weighted by Crippen LogP contribution is -1.97. The van der Waals surface area contributed by atoms with Crippen LogP contribution in [0.2, 0.25) is 0 Å². The first kappa shape index (κ1) is 12.1. The molecule has 11 heteroatoms. The number of non-ortho nitro benzene ring substituents is 1. The van der Waals surface area contributed by atoms with Crippen LogP contribution in [0.5, 0.6) is 0 Å². The van der Waals surface area contributed by atoms with E-state index in [2.05, 4.69) is 5.11 Å². The van der Waals surface area contributed by atoms with Crippen molar-refractivity contribution in [1.29, 1.82) is 5.53 Å². The minimum atomic E-state index is -1.08. The van der Waals surface area contributed by atoms with Crippen LogP contribution in [0.4, 0.5) is 22.7 Å². The van der Waals surface area contributed by atoms with Crippen LogP contribution in [0.3, 0.4) is 0 Å². The molecule has 1 aromatic carbocycles. The molecule has 0 radical (unpaired) electrons. The molecule has 0 heterocycles. The highest BCUT2D eigenvalue weighted by molar-refractivity contribution is 5.73. The Hall–Kier alpha value is -2.98. The quantitative estimate of drug-likeness (QED) is 0.480. The maximum absolute atomic E-state index is 10.5. The molecule has 0 aliphatic rings. The van der Waals surface area contributed by atoms with Gasteiger partial charge >= 0.3 is 11.4 Å². The Labute approximate surface area is 91.6 Å². The van der Waals surface area contributed by atoms with Crippen molar-refractivity contribution in [2.75, 3.05) is 0 Å². The van der Waals surface area contributed by atoms with E-state index in [9.17, 15) is 30.3 Å². The number of nitro groups is 3. The maximum atomic E-state index is 10.5. The zero-order valence-corrected chi connectivity index (χ0v) is 7.89. The highest BCUT2D eigenvalue weighted by Gasteiger charge is 2.30. The van der Waals surface area contributed by atoms with Crippen LogP contribution < -0.4 is 0 Å². The summed E-state index contributed by atoms with van der Waals surface area (Å²) in [7, 11) is 0. The summed E-state index contributed by atoms with van der Waals surface area (Å²) in [5.41, 5.74) is 3.08. The molecule has 17 heavy (non-hydrogen) atoms. The van der Waals surface area contributed by atoms with Gasteiger partial charge in [0.05, 0.1) is 26.9 Å². The fourth-order valence-electron chi connectivity index (χ4n) is 1.09. The molecule has 1 N–H and O–H groups in total. The number of nitrogens with one attached hydrogen (secondary N) is 1. The smallest absolute Gasteiger partial charge is 0.258 e. The van der Waals surface area contributed by atoms with Crippen molar-refractivity contribution in [3.05, 3.63) is 42.5 Å². The summed E-state index contributed by atoms with van der Waals surface area (Å²) in [5.74, 6) is 0. The summed E-state index contributed by atoms with van der Waals surface area (Å²) in [6.07, 6.45) is 0. The Morgan fingerprint density at radius 1 is 0.941 bits per heavy atom. The summed E-state index contributed by atoms with van der Waals surface area (Å²) in [6, 6.07) is 1.03. The monoisotopic (exact) mass is 241 g/mol. The molecule has 0 bridgehead atoms. The van der Waals surface area contributed by atoms with Gasteiger partial charge in [0.15, 0.2) is 0 Å². The average molecular weight is 241 g/mol. The van der Waals surface area contributed by atoms with E-state index in [0.29, 0.717) is 12.1 Å². The fraction of sp³-hybridized carbons (Fsp3) is 0. The summed E-state index contributed by atoms with van der Waals surface area (Å²) in [5, 5.41) is 34.2. The molecule has 11 nitrogen and oxygen atoms in total. The van der Waals surface area contributed by atoms with Gasteiger partial charge in [0.25, 0.3) is 5.69 Å². The second-order valence-electron chi connectivity index (χ2n) is 2.72. The number of hydrogen-bond acceptors (Lipinski definition) is 8. The van der Waals surface area contributed by atoms with Gasteiger partial charge in [0.1, 0.15) is 0 Å². The highest BCUT2D eigenvalue weighted by atomic mass is 16.6. The number of nitrogens with zero attached hydrogens (tertiary/aromatic N) is 4. The molecule has 1 aromatic rings. The summed E-state index contributed by atoms with van der Waals surface area (Å²) in [4.78, 5) is 28.4. The van der Waals surface area contributed by atoms with Crippen molar-refractivity contribution in [3.8, 4) is 0 Å². The van der Waals surface area contributed by atoms with Crippen LogP contribution in [-0.2, 0) is 0 Å². The maximum Gasteiger partial charge on any atom is 0.310 e. The van der Waals surface area contributed by atoms with Gasteiger partial charge in [-0.05, 0) is 0 Å². The first-order chi connectivity index (χ1) is 7.88. The minimum Gasteiger partial charge on any atom is -0.258 e. The predicted octanol–water partition coefficient (Wildman–Crippen LogP) is 2.07. The topological polar surface area (TPSA) is 166 Å². The standard InChI is InChI=1S/C6H3N5O6/c7-8-6-4(10(14)15)1-3(9(12)13)2-5(6)11(16)17/h1-2,7H. The minimum absolute atomic E-state index is 0.514. The molecule has 1 rings (SSSR count). The Kier molecular flexibility index (Phi) is 3.03. The third-order valence-corrected chi connectivity index (χ3v) is 1.77. The molecule has 0 aromatic heterocycles. The number of hydrogen-bond donors (Lipinski definition) is 1. The van der Waals surface area contributed by atoms with Crippen molar-refractivity contribution >= 4 is 22.7 Å². The average Bonchev–Trinajstić information content (AvgIpc) is 2.26. The van der Waals surface area contributed by atoms with Crippen molar-refractivity contribution in [2.45, 2.75) is 0 Å². The molecule has 0 saturated heterocycles. The Morgan fingerprint density at radius 2 is 1.35 bits per heavy atom. The Balaban J connectivity index is 3.68. The van der Waals surface area contributed by atoms with E-state index >= 15 is 0 Å². The van der Waals surface area contributed by atoms with E-state index in [0.717, 1.165) is 0 Å². The van der Waals surface area contributed by atoms with Crippen LogP contribution in [-0.4, -0.2) is 14.8 Å². The van der Waals surface area contributed by atoms with Crippen LogP contribution in [0, 0.1) is 35.9 Å². The summed E-state index contributed by atoms with van der Waals surface area (Å²) < 4.78 is 0. The Bertz CT molecular complexity index is 505. The number of nitro benzene ring substituents is 3. The van der Waals surface area contributed by atoms with Crippen molar-refractivity contribution < 1.29 is 14.8 Å². The number of rotatable bonds is 4. The second kappa shape index (κ2) is 4.26. The fourth-order valence-corrected chi connectivity index (χ4v) is 1.09. The van der Waals surface area contributed by atoms with Crippen molar-refractivity contribution in [3.63, 3.8) is 0 Å². The first-order valence-electron chi connectivity index (χ1n) is 3.87. The van der Waals surface area contributed by atoms with Gasteiger partial charge in [-0.3, -0.25) is 30.3 Å². The normalized spacial score (nSPS) is 9.65. The van der Waals surface area contributed by atoms with E-state index in [1.807, 2.05) is 0 Å². The molecule has 0 spiro atoms. The lowest BCUT2D eigenvalue weighted by molar-refractivity contribution is -0.402. The first-order valence-corrected chi connectivity index (χ1v) is 3.87.